The summed E-state index contributed by atoms with van der Waals surface area (Å²) in [7, 11) is 0. The van der Waals surface area contributed by atoms with Gasteiger partial charge in [-0.15, -0.1) is 0 Å². The molecule has 1 saturated heterocycles. The molecule has 0 radical (unpaired) electrons. The third-order valence-corrected chi connectivity index (χ3v) is 6.19. The molecule has 2 aromatic rings. The molecule has 5 nitrogen and oxygen atoms in total. The molecule has 0 bridgehead atoms. The number of ether oxygens (including phenoxy) is 1. The number of carbonyl (C=O) groups excluding carboxylic acids is 1. The van der Waals surface area contributed by atoms with Crippen molar-refractivity contribution in [3.8, 4) is 0 Å². The number of aromatic nitrogens is 1. The zero-order valence-corrected chi connectivity index (χ0v) is 16.9. The summed E-state index contributed by atoms with van der Waals surface area (Å²) in [6, 6.07) is 5.43. The highest BCUT2D eigenvalue weighted by Crippen LogP contribution is 2.39. The molecule has 2 unspecified atom stereocenters. The summed E-state index contributed by atoms with van der Waals surface area (Å²) in [6.07, 6.45) is 3.40. The minimum atomic E-state index is -2.90. The van der Waals surface area contributed by atoms with Crippen molar-refractivity contribution >= 4 is 28.4 Å². The van der Waals surface area contributed by atoms with Crippen LogP contribution >= 0.6 is 11.6 Å². The number of rotatable bonds is 5. The molecule has 1 aromatic carbocycles. The summed E-state index contributed by atoms with van der Waals surface area (Å²) in [5, 5.41) is 14.2. The van der Waals surface area contributed by atoms with Crippen molar-refractivity contribution in [1.29, 1.82) is 0 Å². The number of hydrogen-bond donors (Lipinski definition) is 2. The van der Waals surface area contributed by atoms with Crippen LogP contribution in [0.25, 0.3) is 10.9 Å². The van der Waals surface area contributed by atoms with Crippen molar-refractivity contribution in [2.75, 3.05) is 13.2 Å². The van der Waals surface area contributed by atoms with E-state index in [0.29, 0.717) is 22.5 Å². The minimum Gasteiger partial charge on any atom is -0.388 e. The zero-order chi connectivity index (χ0) is 20.6. The Balaban J connectivity index is 1.55. The molecule has 158 valence electrons. The highest BCUT2D eigenvalue weighted by molar-refractivity contribution is 6.36. The van der Waals surface area contributed by atoms with Gasteiger partial charge in [-0.3, -0.25) is 4.79 Å². The van der Waals surface area contributed by atoms with Gasteiger partial charge in [-0.1, -0.05) is 17.7 Å². The summed E-state index contributed by atoms with van der Waals surface area (Å²) in [4.78, 5) is 12.9. The van der Waals surface area contributed by atoms with Crippen LogP contribution in [0.1, 0.15) is 48.9 Å². The number of aliphatic hydroxyl groups is 1. The quantitative estimate of drug-likeness (QED) is 0.755. The predicted octanol–water partition coefficient (Wildman–Crippen LogP) is 4.14. The lowest BCUT2D eigenvalue weighted by Gasteiger charge is -2.36. The van der Waals surface area contributed by atoms with Gasteiger partial charge in [0.2, 0.25) is 0 Å². The smallest absolute Gasteiger partial charge is 0.253 e. The number of halogens is 3. The molecular weight excluding hydrogens is 402 g/mol. The fourth-order valence-corrected chi connectivity index (χ4v) is 4.74. The largest absolute Gasteiger partial charge is 0.388 e. The lowest BCUT2D eigenvalue weighted by Crippen LogP contribution is -2.49. The van der Waals surface area contributed by atoms with Gasteiger partial charge in [0.1, 0.15) is 0 Å². The monoisotopic (exact) mass is 426 g/mol. The van der Waals surface area contributed by atoms with E-state index < -0.39 is 23.9 Å². The van der Waals surface area contributed by atoms with Crippen molar-refractivity contribution in [2.45, 2.75) is 62.7 Å². The van der Waals surface area contributed by atoms with E-state index in [1.165, 1.54) is 0 Å². The standard InChI is InChI=1S/C21H25ClF2N2O3/c22-16-5-1-6-17-18(16)15(11-26(17)10-14-4-2-9-29-14)19(27)25-13-20(28)7-3-8-21(23,24)12-20/h1,5-6,11,14,28H,2-4,7-10,12-13H2,(H,25,27). The summed E-state index contributed by atoms with van der Waals surface area (Å²) in [5.41, 5.74) is -0.409. The van der Waals surface area contributed by atoms with Crippen molar-refractivity contribution in [3.05, 3.63) is 35.0 Å². The Hall–Kier alpha value is -1.70. The third-order valence-electron chi connectivity index (χ3n) is 5.87. The van der Waals surface area contributed by atoms with Crippen molar-refractivity contribution in [2.24, 2.45) is 0 Å². The van der Waals surface area contributed by atoms with Crippen LogP contribution in [0.3, 0.4) is 0 Å². The predicted molar refractivity (Wildman–Crippen MR) is 107 cm³/mol. The summed E-state index contributed by atoms with van der Waals surface area (Å²) in [6.45, 7) is 1.13. The van der Waals surface area contributed by atoms with Gasteiger partial charge in [0, 0.05) is 44.1 Å². The minimum absolute atomic E-state index is 0.0886. The van der Waals surface area contributed by atoms with Crippen molar-refractivity contribution in [1.82, 2.24) is 9.88 Å². The zero-order valence-electron chi connectivity index (χ0n) is 16.1. The van der Waals surface area contributed by atoms with Crippen LogP contribution in [0.4, 0.5) is 8.78 Å². The summed E-state index contributed by atoms with van der Waals surface area (Å²) in [5.74, 6) is -3.34. The number of nitrogens with zero attached hydrogens (tertiary/aromatic N) is 1. The van der Waals surface area contributed by atoms with Crippen LogP contribution in [0.15, 0.2) is 24.4 Å². The van der Waals surface area contributed by atoms with E-state index in [-0.39, 0.29) is 31.9 Å². The number of hydrogen-bond acceptors (Lipinski definition) is 3. The lowest BCUT2D eigenvalue weighted by molar-refractivity contribution is -0.121. The molecule has 8 heteroatoms. The molecule has 2 N–H and O–H groups in total. The Morgan fingerprint density at radius 2 is 2.17 bits per heavy atom. The van der Waals surface area contributed by atoms with E-state index in [4.69, 9.17) is 16.3 Å². The van der Waals surface area contributed by atoms with Gasteiger partial charge in [0.25, 0.3) is 11.8 Å². The average molecular weight is 427 g/mol. The first kappa shape index (κ1) is 20.6. The topological polar surface area (TPSA) is 63.5 Å². The summed E-state index contributed by atoms with van der Waals surface area (Å²) >= 11 is 6.38. The maximum Gasteiger partial charge on any atom is 0.253 e. The Morgan fingerprint density at radius 1 is 1.34 bits per heavy atom. The number of carbonyl (C=O) groups is 1. The molecule has 2 aliphatic rings. The van der Waals surface area contributed by atoms with Gasteiger partial charge >= 0.3 is 0 Å². The molecular formula is C21H25ClF2N2O3. The van der Waals surface area contributed by atoms with E-state index in [9.17, 15) is 18.7 Å². The maximum absolute atomic E-state index is 13.7. The van der Waals surface area contributed by atoms with Crippen LogP contribution in [-0.2, 0) is 11.3 Å². The highest BCUT2D eigenvalue weighted by Gasteiger charge is 2.44. The van der Waals surface area contributed by atoms with Crippen molar-refractivity contribution in [3.63, 3.8) is 0 Å². The highest BCUT2D eigenvalue weighted by atomic mass is 35.5. The van der Waals surface area contributed by atoms with E-state index in [2.05, 4.69) is 5.32 Å². The summed E-state index contributed by atoms with van der Waals surface area (Å²) < 4.78 is 35.1. The van der Waals surface area contributed by atoms with E-state index in [0.717, 1.165) is 25.0 Å². The van der Waals surface area contributed by atoms with Crippen LogP contribution in [-0.4, -0.2) is 46.4 Å². The average Bonchev–Trinajstić information content (AvgIpc) is 3.28. The number of nitrogens with one attached hydrogen (secondary N) is 1. The molecule has 2 atom stereocenters. The lowest BCUT2D eigenvalue weighted by atomic mass is 9.82. The Morgan fingerprint density at radius 3 is 2.90 bits per heavy atom. The molecule has 1 aromatic heterocycles. The van der Waals surface area contributed by atoms with Gasteiger partial charge in [-0.05, 0) is 37.8 Å². The van der Waals surface area contributed by atoms with Gasteiger partial charge in [-0.25, -0.2) is 8.78 Å². The van der Waals surface area contributed by atoms with Crippen LogP contribution in [0.2, 0.25) is 5.02 Å². The first-order chi connectivity index (χ1) is 13.8. The molecule has 0 spiro atoms. The van der Waals surface area contributed by atoms with E-state index in [1.807, 2.05) is 16.7 Å². The Kier molecular flexibility index (Phi) is 5.57. The molecule has 1 saturated carbocycles. The SMILES string of the molecule is O=C(NCC1(O)CCCC(F)(F)C1)c1cn(CC2CCCO2)c2cccc(Cl)c12. The molecule has 1 aliphatic carbocycles. The molecule has 1 amide bonds. The number of amides is 1. The maximum atomic E-state index is 13.7. The second-order valence-corrected chi connectivity index (χ2v) is 8.66. The number of fused-ring (bicyclic) bond motifs is 1. The third kappa shape index (κ3) is 4.42. The second-order valence-electron chi connectivity index (χ2n) is 8.26. The number of benzene rings is 1. The van der Waals surface area contributed by atoms with E-state index in [1.54, 1.807) is 12.3 Å². The fourth-order valence-electron chi connectivity index (χ4n) is 4.46. The number of alkyl halides is 2. The molecule has 4 rings (SSSR count). The molecule has 1 aliphatic heterocycles. The van der Waals surface area contributed by atoms with Gasteiger partial charge in [-0.2, -0.15) is 0 Å². The van der Waals surface area contributed by atoms with Gasteiger partial charge < -0.3 is 19.7 Å². The normalized spacial score (nSPS) is 26.7. The Labute approximate surface area is 173 Å². The van der Waals surface area contributed by atoms with Crippen LogP contribution < -0.4 is 5.32 Å². The molecule has 2 fully saturated rings. The first-order valence-electron chi connectivity index (χ1n) is 10.0. The van der Waals surface area contributed by atoms with Crippen molar-refractivity contribution < 1.29 is 23.4 Å². The fraction of sp³-hybridized carbons (Fsp3) is 0.571. The van der Waals surface area contributed by atoms with Crippen LogP contribution in [0, 0.1) is 0 Å². The van der Waals surface area contributed by atoms with E-state index >= 15 is 0 Å². The van der Waals surface area contributed by atoms with Crippen LogP contribution in [0.5, 0.6) is 0 Å². The Bertz CT molecular complexity index is 911. The first-order valence-corrected chi connectivity index (χ1v) is 10.4. The van der Waals surface area contributed by atoms with Gasteiger partial charge in [0.05, 0.1) is 27.8 Å². The second kappa shape index (κ2) is 7.85. The molecule has 2 heterocycles. The van der Waals surface area contributed by atoms with Gasteiger partial charge in [0.15, 0.2) is 0 Å². The molecule has 29 heavy (non-hydrogen) atoms.